The first-order valence-corrected chi connectivity index (χ1v) is 4.68. The minimum atomic E-state index is -4.54. The second kappa shape index (κ2) is 4.80. The van der Waals surface area contributed by atoms with Gasteiger partial charge in [-0.05, 0) is 6.07 Å². The Labute approximate surface area is 106 Å². The molecule has 0 aromatic heterocycles. The SMILES string of the molecule is Cl.N[C@H](c1cc2c(cc1Cl)OCO2)C(F)(F)F. The first-order valence-electron chi connectivity index (χ1n) is 4.31. The molecule has 0 unspecified atom stereocenters. The number of nitrogens with two attached hydrogens (primary N) is 1. The molecule has 1 aromatic rings. The lowest BCUT2D eigenvalue weighted by Gasteiger charge is -2.17. The van der Waals surface area contributed by atoms with Crippen LogP contribution < -0.4 is 15.2 Å². The Balaban J connectivity index is 0.00000144. The molecule has 17 heavy (non-hydrogen) atoms. The quantitative estimate of drug-likeness (QED) is 0.864. The summed E-state index contributed by atoms with van der Waals surface area (Å²) in [6.07, 6.45) is -4.54. The molecular weight excluding hydrogens is 282 g/mol. The zero-order valence-corrected chi connectivity index (χ0v) is 9.83. The Kier molecular flexibility index (Phi) is 4.01. The molecular formula is C9H8Cl2F3NO2. The average molecular weight is 290 g/mol. The van der Waals surface area contributed by atoms with Crippen molar-refractivity contribution in [2.75, 3.05) is 6.79 Å². The lowest BCUT2D eigenvalue weighted by molar-refractivity contribution is -0.149. The first-order chi connectivity index (χ1) is 7.39. The molecule has 3 nitrogen and oxygen atoms in total. The van der Waals surface area contributed by atoms with Gasteiger partial charge >= 0.3 is 6.18 Å². The number of halogens is 5. The van der Waals surface area contributed by atoms with Gasteiger partial charge in [0.25, 0.3) is 0 Å². The monoisotopic (exact) mass is 289 g/mol. The van der Waals surface area contributed by atoms with Crippen molar-refractivity contribution in [3.8, 4) is 11.5 Å². The van der Waals surface area contributed by atoms with E-state index in [0.717, 1.165) is 6.07 Å². The van der Waals surface area contributed by atoms with Crippen LogP contribution in [0.3, 0.4) is 0 Å². The van der Waals surface area contributed by atoms with E-state index in [2.05, 4.69) is 0 Å². The molecule has 1 aliphatic heterocycles. The normalized spacial score (nSPS) is 15.4. The summed E-state index contributed by atoms with van der Waals surface area (Å²) in [5.74, 6) is 0.544. The molecule has 0 saturated heterocycles. The fourth-order valence-electron chi connectivity index (χ4n) is 1.35. The predicted octanol–water partition coefficient (Wildman–Crippen LogP) is 3.05. The largest absolute Gasteiger partial charge is 0.454 e. The van der Waals surface area contributed by atoms with Crippen molar-refractivity contribution in [2.24, 2.45) is 5.73 Å². The fourth-order valence-corrected chi connectivity index (χ4v) is 1.62. The molecule has 1 atom stereocenters. The molecule has 1 aliphatic rings. The maximum atomic E-state index is 12.4. The van der Waals surface area contributed by atoms with Gasteiger partial charge in [-0.2, -0.15) is 13.2 Å². The number of ether oxygens (including phenoxy) is 2. The number of hydrogen-bond acceptors (Lipinski definition) is 3. The van der Waals surface area contributed by atoms with Crippen molar-refractivity contribution in [3.05, 3.63) is 22.7 Å². The molecule has 0 saturated carbocycles. The Morgan fingerprint density at radius 2 is 1.76 bits per heavy atom. The van der Waals surface area contributed by atoms with Crippen LogP contribution in [0.25, 0.3) is 0 Å². The van der Waals surface area contributed by atoms with Crippen LogP contribution in [-0.4, -0.2) is 13.0 Å². The van der Waals surface area contributed by atoms with E-state index in [0.29, 0.717) is 5.75 Å². The van der Waals surface area contributed by atoms with E-state index in [1.54, 1.807) is 0 Å². The predicted molar refractivity (Wildman–Crippen MR) is 57.8 cm³/mol. The number of benzene rings is 1. The molecule has 0 radical (unpaired) electrons. The third kappa shape index (κ3) is 2.70. The van der Waals surface area contributed by atoms with Crippen LogP contribution in [-0.2, 0) is 0 Å². The highest BCUT2D eigenvalue weighted by molar-refractivity contribution is 6.31. The molecule has 2 rings (SSSR count). The van der Waals surface area contributed by atoms with Crippen molar-refractivity contribution in [3.63, 3.8) is 0 Å². The van der Waals surface area contributed by atoms with Gasteiger partial charge in [0.1, 0.15) is 6.04 Å². The minimum absolute atomic E-state index is 0. The van der Waals surface area contributed by atoms with Gasteiger partial charge in [0.2, 0.25) is 6.79 Å². The van der Waals surface area contributed by atoms with Gasteiger partial charge in [-0.1, -0.05) is 11.6 Å². The summed E-state index contributed by atoms with van der Waals surface area (Å²) in [6.45, 7) is -0.0314. The van der Waals surface area contributed by atoms with Gasteiger partial charge in [0.05, 0.1) is 0 Å². The van der Waals surface area contributed by atoms with Crippen LogP contribution in [0.5, 0.6) is 11.5 Å². The zero-order valence-electron chi connectivity index (χ0n) is 8.25. The second-order valence-electron chi connectivity index (χ2n) is 3.25. The van der Waals surface area contributed by atoms with E-state index in [4.69, 9.17) is 26.8 Å². The van der Waals surface area contributed by atoms with Crippen molar-refractivity contribution < 1.29 is 22.6 Å². The lowest BCUT2D eigenvalue weighted by atomic mass is 10.1. The number of hydrogen-bond donors (Lipinski definition) is 1. The molecule has 96 valence electrons. The molecule has 1 heterocycles. The average Bonchev–Trinajstić information content (AvgIpc) is 2.60. The summed E-state index contributed by atoms with van der Waals surface area (Å²) < 4.78 is 47.2. The van der Waals surface area contributed by atoms with Gasteiger partial charge in [-0.25, -0.2) is 0 Å². The molecule has 1 aromatic carbocycles. The van der Waals surface area contributed by atoms with E-state index in [1.165, 1.54) is 6.07 Å². The van der Waals surface area contributed by atoms with Crippen molar-refractivity contribution in [1.82, 2.24) is 0 Å². The minimum Gasteiger partial charge on any atom is -0.454 e. The van der Waals surface area contributed by atoms with E-state index in [9.17, 15) is 13.2 Å². The van der Waals surface area contributed by atoms with Crippen LogP contribution in [0.2, 0.25) is 5.02 Å². The maximum absolute atomic E-state index is 12.4. The maximum Gasteiger partial charge on any atom is 0.407 e. The molecule has 0 bridgehead atoms. The Morgan fingerprint density at radius 3 is 2.29 bits per heavy atom. The standard InChI is InChI=1S/C9H7ClF3NO2.ClH/c10-5-2-7-6(15-3-16-7)1-4(5)8(14)9(11,12)13;/h1-2,8H,3,14H2;1H/t8-;/m1./s1. The highest BCUT2D eigenvalue weighted by atomic mass is 35.5. The number of rotatable bonds is 1. The van der Waals surface area contributed by atoms with Crippen molar-refractivity contribution in [1.29, 1.82) is 0 Å². The molecule has 2 N–H and O–H groups in total. The van der Waals surface area contributed by atoms with E-state index >= 15 is 0 Å². The van der Waals surface area contributed by atoms with Crippen LogP contribution in [0.15, 0.2) is 12.1 Å². The number of alkyl halides is 3. The molecule has 8 heteroatoms. The van der Waals surface area contributed by atoms with E-state index < -0.39 is 12.2 Å². The van der Waals surface area contributed by atoms with Crippen LogP contribution in [0, 0.1) is 0 Å². The number of fused-ring (bicyclic) bond motifs is 1. The van der Waals surface area contributed by atoms with Crippen molar-refractivity contribution >= 4 is 24.0 Å². The topological polar surface area (TPSA) is 44.5 Å². The highest BCUT2D eigenvalue weighted by Gasteiger charge is 2.39. The highest BCUT2D eigenvalue weighted by Crippen LogP contribution is 2.41. The third-order valence-corrected chi connectivity index (χ3v) is 2.51. The third-order valence-electron chi connectivity index (χ3n) is 2.18. The van der Waals surface area contributed by atoms with Gasteiger partial charge in [0.15, 0.2) is 11.5 Å². The smallest absolute Gasteiger partial charge is 0.407 e. The Hall–Kier alpha value is -0.850. The van der Waals surface area contributed by atoms with Gasteiger partial charge < -0.3 is 15.2 Å². The van der Waals surface area contributed by atoms with Gasteiger partial charge in [-0.3, -0.25) is 0 Å². The van der Waals surface area contributed by atoms with Crippen LogP contribution >= 0.6 is 24.0 Å². The van der Waals surface area contributed by atoms with E-state index in [-0.39, 0.29) is 35.5 Å². The zero-order chi connectivity index (χ0) is 11.9. The van der Waals surface area contributed by atoms with Crippen LogP contribution in [0.4, 0.5) is 13.2 Å². The summed E-state index contributed by atoms with van der Waals surface area (Å²) in [6, 6.07) is 0.294. The van der Waals surface area contributed by atoms with E-state index in [1.807, 2.05) is 0 Å². The molecule has 0 fully saturated rings. The Morgan fingerprint density at radius 1 is 1.24 bits per heavy atom. The van der Waals surface area contributed by atoms with Gasteiger partial charge in [-0.15, -0.1) is 12.4 Å². The summed E-state index contributed by atoms with van der Waals surface area (Å²) in [7, 11) is 0. The molecule has 0 spiro atoms. The molecule has 0 aliphatic carbocycles. The summed E-state index contributed by atoms with van der Waals surface area (Å²) in [4.78, 5) is 0. The first kappa shape index (κ1) is 14.2. The Bertz CT molecular complexity index is 425. The molecule has 0 amide bonds. The summed E-state index contributed by atoms with van der Waals surface area (Å²) in [5, 5.41) is -0.0888. The van der Waals surface area contributed by atoms with Crippen molar-refractivity contribution in [2.45, 2.75) is 12.2 Å². The lowest BCUT2D eigenvalue weighted by Crippen LogP contribution is -2.28. The van der Waals surface area contributed by atoms with Crippen LogP contribution in [0.1, 0.15) is 11.6 Å². The summed E-state index contributed by atoms with van der Waals surface area (Å²) >= 11 is 5.69. The second-order valence-corrected chi connectivity index (χ2v) is 3.65. The fraction of sp³-hybridized carbons (Fsp3) is 0.333. The van der Waals surface area contributed by atoms with Gasteiger partial charge in [0, 0.05) is 16.7 Å². The summed E-state index contributed by atoms with van der Waals surface area (Å²) in [5.41, 5.74) is 4.84.